The van der Waals surface area contributed by atoms with Crippen LogP contribution in [0.15, 0.2) is 0 Å². The Kier molecular flexibility index (Phi) is 6.04. The molecule has 0 N–H and O–H groups in total. The lowest BCUT2D eigenvalue weighted by atomic mass is 10.7. The van der Waals surface area contributed by atoms with Gasteiger partial charge >= 0.3 is 0 Å². The first kappa shape index (κ1) is 9.78. The lowest BCUT2D eigenvalue weighted by Gasteiger charge is -2.02. The van der Waals surface area contributed by atoms with Crippen LogP contribution in [0.3, 0.4) is 0 Å². The first-order valence-corrected chi connectivity index (χ1v) is 4.10. The molecule has 1 nitrogen and oxygen atoms in total. The van der Waals surface area contributed by atoms with Crippen molar-refractivity contribution in [1.82, 2.24) is 0 Å². The summed E-state index contributed by atoms with van der Waals surface area (Å²) in [7, 11) is 0. The highest BCUT2D eigenvalue weighted by Crippen LogP contribution is 2.04. The zero-order valence-electron chi connectivity index (χ0n) is 4.49. The minimum atomic E-state index is -1.20. The van der Waals surface area contributed by atoms with Crippen LogP contribution in [0.2, 0.25) is 0 Å². The molecule has 0 rings (SSSR count). The van der Waals surface area contributed by atoms with Crippen LogP contribution in [0.25, 0.3) is 0 Å². The van der Waals surface area contributed by atoms with E-state index in [1.807, 2.05) is 0 Å². The van der Waals surface area contributed by atoms with E-state index in [-0.39, 0.29) is 13.2 Å². The average Bonchev–Trinajstić information content (AvgIpc) is 1.63. The summed E-state index contributed by atoms with van der Waals surface area (Å²) in [4.78, 5) is 0. The van der Waals surface area contributed by atoms with Gasteiger partial charge < -0.3 is 4.74 Å². The van der Waals surface area contributed by atoms with Gasteiger partial charge in [0, 0.05) is 0 Å². The molecule has 0 radical (unpaired) electrons. The largest absolute Gasteiger partial charge is 0.374 e. The van der Waals surface area contributed by atoms with Crippen molar-refractivity contribution in [3.8, 4) is 0 Å². The molecule has 0 aliphatic carbocycles. The van der Waals surface area contributed by atoms with Gasteiger partial charge in [0.05, 0.1) is 13.2 Å². The zero-order chi connectivity index (χ0) is 7.28. The summed E-state index contributed by atoms with van der Waals surface area (Å²) >= 11 is 5.19. The van der Waals surface area contributed by atoms with Gasteiger partial charge in [-0.25, -0.2) is 8.78 Å². The molecule has 0 saturated heterocycles. The summed E-state index contributed by atoms with van der Waals surface area (Å²) < 4.78 is 28.1. The number of rotatable bonds is 4. The van der Waals surface area contributed by atoms with Gasteiger partial charge in [-0.1, -0.05) is 0 Å². The van der Waals surface area contributed by atoms with Crippen LogP contribution < -0.4 is 0 Å². The van der Waals surface area contributed by atoms with Gasteiger partial charge in [0.1, 0.15) is 0 Å². The van der Waals surface area contributed by atoms with Gasteiger partial charge in [0.15, 0.2) is 10.2 Å². The molecule has 0 aromatic rings. The standard InChI is InChI=1S/C4H6Br2F2O/c5-3(7)1-9-2-4(6)8/h3-4H,1-2H2. The van der Waals surface area contributed by atoms with Crippen LogP contribution in [-0.2, 0) is 4.74 Å². The molecule has 0 spiro atoms. The third kappa shape index (κ3) is 8.78. The highest BCUT2D eigenvalue weighted by atomic mass is 79.9. The van der Waals surface area contributed by atoms with Gasteiger partial charge in [-0.05, 0) is 31.9 Å². The molecule has 0 aromatic carbocycles. The van der Waals surface area contributed by atoms with Gasteiger partial charge in [0.2, 0.25) is 0 Å². The van der Waals surface area contributed by atoms with E-state index >= 15 is 0 Å². The van der Waals surface area contributed by atoms with Crippen molar-refractivity contribution < 1.29 is 13.5 Å². The molecule has 9 heavy (non-hydrogen) atoms. The Morgan fingerprint density at radius 3 is 1.67 bits per heavy atom. The fourth-order valence-corrected chi connectivity index (χ4v) is 0.620. The normalized spacial score (nSPS) is 17.3. The van der Waals surface area contributed by atoms with Crippen molar-refractivity contribution in [2.75, 3.05) is 13.2 Å². The topological polar surface area (TPSA) is 9.23 Å². The lowest BCUT2D eigenvalue weighted by molar-refractivity contribution is 0.0922. The van der Waals surface area contributed by atoms with Crippen molar-refractivity contribution in [3.63, 3.8) is 0 Å². The minimum absolute atomic E-state index is 0.119. The molecule has 0 aliphatic rings. The Labute approximate surface area is 69.0 Å². The van der Waals surface area contributed by atoms with Crippen molar-refractivity contribution in [3.05, 3.63) is 0 Å². The van der Waals surface area contributed by atoms with E-state index in [0.717, 1.165) is 0 Å². The number of hydrogen-bond acceptors (Lipinski definition) is 1. The maximum absolute atomic E-state index is 11.8. The molecular formula is C4H6Br2F2O. The number of alkyl halides is 4. The minimum Gasteiger partial charge on any atom is -0.374 e. The van der Waals surface area contributed by atoms with Crippen LogP contribution in [-0.4, -0.2) is 23.4 Å². The molecule has 56 valence electrons. The van der Waals surface area contributed by atoms with E-state index in [4.69, 9.17) is 0 Å². The Hall–Kier alpha value is 0.780. The SMILES string of the molecule is FC(Br)COCC(F)Br. The fourth-order valence-electron chi connectivity index (χ4n) is 0.246. The van der Waals surface area contributed by atoms with Crippen LogP contribution in [0.4, 0.5) is 8.78 Å². The van der Waals surface area contributed by atoms with Gasteiger partial charge in [-0.2, -0.15) is 0 Å². The van der Waals surface area contributed by atoms with E-state index in [2.05, 4.69) is 36.6 Å². The van der Waals surface area contributed by atoms with Crippen molar-refractivity contribution in [2.45, 2.75) is 10.2 Å². The van der Waals surface area contributed by atoms with E-state index in [9.17, 15) is 8.78 Å². The number of halogens is 4. The van der Waals surface area contributed by atoms with Crippen LogP contribution >= 0.6 is 31.9 Å². The summed E-state index contributed by atoms with van der Waals surface area (Å²) in [5, 5.41) is -2.41. The summed E-state index contributed by atoms with van der Waals surface area (Å²) in [6.07, 6.45) is 0. The monoisotopic (exact) mass is 266 g/mol. The highest BCUT2D eigenvalue weighted by Gasteiger charge is 2.02. The summed E-state index contributed by atoms with van der Waals surface area (Å²) in [6.45, 7) is -0.238. The molecule has 2 unspecified atom stereocenters. The second kappa shape index (κ2) is 5.56. The smallest absolute Gasteiger partial charge is 0.178 e. The van der Waals surface area contributed by atoms with Gasteiger partial charge in [-0.3, -0.25) is 0 Å². The number of hydrogen-bond donors (Lipinski definition) is 0. The molecule has 0 aliphatic heterocycles. The molecule has 0 fully saturated rings. The molecule has 0 aromatic heterocycles. The maximum atomic E-state index is 11.8. The van der Waals surface area contributed by atoms with E-state index in [1.54, 1.807) is 0 Å². The van der Waals surface area contributed by atoms with Crippen LogP contribution in [0.5, 0.6) is 0 Å². The van der Waals surface area contributed by atoms with Crippen molar-refractivity contribution >= 4 is 31.9 Å². The second-order valence-electron chi connectivity index (χ2n) is 1.32. The molecule has 0 saturated carbocycles. The molecular weight excluding hydrogens is 262 g/mol. The summed E-state index contributed by atoms with van der Waals surface area (Å²) in [5.74, 6) is 0. The Morgan fingerprint density at radius 2 is 1.44 bits per heavy atom. The molecule has 0 bridgehead atoms. The highest BCUT2D eigenvalue weighted by molar-refractivity contribution is 9.09. The zero-order valence-corrected chi connectivity index (χ0v) is 7.66. The fraction of sp³-hybridized carbons (Fsp3) is 1.00. The lowest BCUT2D eigenvalue weighted by Crippen LogP contribution is -2.08. The first-order chi connectivity index (χ1) is 4.13. The van der Waals surface area contributed by atoms with E-state index in [0.29, 0.717) is 0 Å². The molecule has 0 heterocycles. The first-order valence-electron chi connectivity index (χ1n) is 2.27. The predicted octanol–water partition coefficient (Wildman–Crippen LogP) is 2.38. The molecule has 0 amide bonds. The molecule has 5 heteroatoms. The number of ether oxygens (including phenoxy) is 1. The third-order valence-electron chi connectivity index (χ3n) is 0.488. The third-order valence-corrected chi connectivity index (χ3v) is 1.02. The Balaban J connectivity index is 2.91. The van der Waals surface area contributed by atoms with E-state index in [1.165, 1.54) is 0 Å². The summed E-state index contributed by atoms with van der Waals surface area (Å²) in [6, 6.07) is 0. The Morgan fingerprint density at radius 1 is 1.11 bits per heavy atom. The van der Waals surface area contributed by atoms with Gasteiger partial charge in [-0.15, -0.1) is 0 Å². The van der Waals surface area contributed by atoms with Crippen LogP contribution in [0, 0.1) is 0 Å². The van der Waals surface area contributed by atoms with Crippen molar-refractivity contribution in [2.24, 2.45) is 0 Å². The van der Waals surface area contributed by atoms with Crippen molar-refractivity contribution in [1.29, 1.82) is 0 Å². The molecule has 2 atom stereocenters. The quantitative estimate of drug-likeness (QED) is 0.711. The average molecular weight is 268 g/mol. The summed E-state index contributed by atoms with van der Waals surface area (Å²) in [5.41, 5.74) is 0. The van der Waals surface area contributed by atoms with Crippen LogP contribution in [0.1, 0.15) is 0 Å². The predicted molar refractivity (Wildman–Crippen MR) is 38.5 cm³/mol. The second-order valence-corrected chi connectivity index (χ2v) is 3.31. The van der Waals surface area contributed by atoms with E-state index < -0.39 is 10.2 Å². The maximum Gasteiger partial charge on any atom is 0.178 e. The van der Waals surface area contributed by atoms with Gasteiger partial charge in [0.25, 0.3) is 0 Å². The Bertz CT molecular complexity index is 61.6.